The third-order valence-electron chi connectivity index (χ3n) is 3.07. The van der Waals surface area contributed by atoms with Crippen LogP contribution in [0.1, 0.15) is 21.8 Å². The van der Waals surface area contributed by atoms with E-state index in [1.54, 1.807) is 18.2 Å². The maximum atomic E-state index is 11.9. The van der Waals surface area contributed by atoms with Crippen molar-refractivity contribution in [1.82, 2.24) is 15.6 Å². The molecule has 0 fully saturated rings. The fourth-order valence-electron chi connectivity index (χ4n) is 1.89. The Labute approximate surface area is 126 Å². The lowest BCUT2D eigenvalue weighted by atomic mass is 10.1. The van der Waals surface area contributed by atoms with Gasteiger partial charge in [-0.15, -0.1) is 0 Å². The van der Waals surface area contributed by atoms with E-state index in [2.05, 4.69) is 20.7 Å². The number of amides is 1. The average molecular weight is 294 g/mol. The van der Waals surface area contributed by atoms with Crippen LogP contribution in [0.2, 0.25) is 0 Å². The van der Waals surface area contributed by atoms with E-state index < -0.39 is 0 Å². The molecule has 3 aromatic rings. The highest BCUT2D eigenvalue weighted by Crippen LogP contribution is 2.18. The molecule has 0 aliphatic rings. The number of aromatic nitrogens is 2. The number of carbonyl (C=O) groups excluding carboxylic acids is 1. The van der Waals surface area contributed by atoms with Crippen LogP contribution in [0.4, 0.5) is 0 Å². The van der Waals surface area contributed by atoms with Crippen molar-refractivity contribution in [2.75, 3.05) is 0 Å². The standard InChI is InChI=1S/C16H14N4O2/c1-11-4-6-12(7-5-11)14-9-15(19-18-14)16(21)20-17-10-13-3-2-8-22-13/h2-10H,1H3,(H,18,19)(H,20,21)/b17-10+. The molecule has 110 valence electrons. The first-order valence-corrected chi connectivity index (χ1v) is 6.72. The second kappa shape index (κ2) is 6.09. The molecule has 0 radical (unpaired) electrons. The predicted octanol–water partition coefficient (Wildman–Crippen LogP) is 2.74. The Morgan fingerprint density at radius 2 is 2.14 bits per heavy atom. The van der Waals surface area contributed by atoms with Crippen molar-refractivity contribution < 1.29 is 9.21 Å². The van der Waals surface area contributed by atoms with Crippen LogP contribution in [0.25, 0.3) is 11.3 Å². The highest BCUT2D eigenvalue weighted by Gasteiger charge is 2.10. The first-order chi connectivity index (χ1) is 10.7. The Morgan fingerprint density at radius 1 is 1.32 bits per heavy atom. The van der Waals surface area contributed by atoms with Gasteiger partial charge in [-0.25, -0.2) is 5.43 Å². The van der Waals surface area contributed by atoms with Crippen LogP contribution in [0.5, 0.6) is 0 Å². The zero-order chi connectivity index (χ0) is 15.4. The summed E-state index contributed by atoms with van der Waals surface area (Å²) in [6.45, 7) is 2.02. The topological polar surface area (TPSA) is 83.3 Å². The van der Waals surface area contributed by atoms with E-state index in [1.165, 1.54) is 18.0 Å². The van der Waals surface area contributed by atoms with Crippen molar-refractivity contribution in [3.05, 3.63) is 65.7 Å². The molecule has 3 rings (SSSR count). The van der Waals surface area contributed by atoms with Gasteiger partial charge < -0.3 is 4.42 Å². The summed E-state index contributed by atoms with van der Waals surface area (Å²) in [4.78, 5) is 11.9. The fraction of sp³-hybridized carbons (Fsp3) is 0.0625. The number of H-pyrrole nitrogens is 1. The normalized spacial score (nSPS) is 11.0. The van der Waals surface area contributed by atoms with E-state index >= 15 is 0 Å². The van der Waals surface area contributed by atoms with E-state index in [0.29, 0.717) is 17.1 Å². The van der Waals surface area contributed by atoms with Crippen molar-refractivity contribution in [1.29, 1.82) is 0 Å². The van der Waals surface area contributed by atoms with Gasteiger partial charge in [0.1, 0.15) is 11.5 Å². The van der Waals surface area contributed by atoms with Gasteiger partial charge in [0.25, 0.3) is 5.91 Å². The second-order valence-corrected chi connectivity index (χ2v) is 4.75. The average Bonchev–Trinajstić information content (AvgIpc) is 3.19. The number of hydrazone groups is 1. The maximum absolute atomic E-state index is 11.9. The number of nitrogens with one attached hydrogen (secondary N) is 2. The van der Waals surface area contributed by atoms with Gasteiger partial charge >= 0.3 is 0 Å². The smallest absolute Gasteiger partial charge is 0.289 e. The minimum Gasteiger partial charge on any atom is -0.463 e. The summed E-state index contributed by atoms with van der Waals surface area (Å²) < 4.78 is 5.07. The molecule has 6 heteroatoms. The summed E-state index contributed by atoms with van der Waals surface area (Å²) in [5, 5.41) is 10.7. The summed E-state index contributed by atoms with van der Waals surface area (Å²) in [5.74, 6) is 0.193. The molecule has 0 aliphatic carbocycles. The zero-order valence-corrected chi connectivity index (χ0v) is 11.9. The molecule has 0 aliphatic heterocycles. The monoisotopic (exact) mass is 294 g/mol. The predicted molar refractivity (Wildman–Crippen MR) is 82.5 cm³/mol. The number of rotatable bonds is 4. The summed E-state index contributed by atoms with van der Waals surface area (Å²) in [5.41, 5.74) is 5.57. The lowest BCUT2D eigenvalue weighted by Crippen LogP contribution is -2.17. The number of furan rings is 1. The van der Waals surface area contributed by atoms with Crippen LogP contribution >= 0.6 is 0 Å². The van der Waals surface area contributed by atoms with E-state index in [4.69, 9.17) is 4.42 Å². The van der Waals surface area contributed by atoms with Crippen LogP contribution in [0.15, 0.2) is 58.2 Å². The van der Waals surface area contributed by atoms with Gasteiger partial charge in [0.05, 0.1) is 18.2 Å². The summed E-state index contributed by atoms with van der Waals surface area (Å²) >= 11 is 0. The van der Waals surface area contributed by atoms with E-state index in [1.807, 2.05) is 31.2 Å². The Hall–Kier alpha value is -3.15. The van der Waals surface area contributed by atoms with E-state index in [0.717, 1.165) is 5.56 Å². The SMILES string of the molecule is Cc1ccc(-c2cc(C(=O)N/N=C/c3ccco3)[nH]n2)cc1. The third-order valence-corrected chi connectivity index (χ3v) is 3.07. The number of hydrogen-bond acceptors (Lipinski definition) is 4. The highest BCUT2D eigenvalue weighted by molar-refractivity contribution is 5.93. The van der Waals surface area contributed by atoms with Crippen molar-refractivity contribution in [2.45, 2.75) is 6.92 Å². The highest BCUT2D eigenvalue weighted by atomic mass is 16.3. The molecular weight excluding hydrogens is 280 g/mol. The summed E-state index contributed by atoms with van der Waals surface area (Å²) in [6, 6.07) is 13.1. The lowest BCUT2D eigenvalue weighted by Gasteiger charge is -1.96. The van der Waals surface area contributed by atoms with Gasteiger partial charge in [-0.3, -0.25) is 9.89 Å². The van der Waals surface area contributed by atoms with Gasteiger partial charge in [-0.1, -0.05) is 29.8 Å². The minimum atomic E-state index is -0.367. The molecule has 2 heterocycles. The van der Waals surface area contributed by atoms with Crippen LogP contribution < -0.4 is 5.43 Å². The maximum Gasteiger partial charge on any atom is 0.289 e. The molecule has 2 N–H and O–H groups in total. The van der Waals surface area contributed by atoms with E-state index in [-0.39, 0.29) is 5.91 Å². The number of hydrogen-bond donors (Lipinski definition) is 2. The quantitative estimate of drug-likeness (QED) is 0.573. The number of nitrogens with zero attached hydrogens (tertiary/aromatic N) is 2. The van der Waals surface area contributed by atoms with Gasteiger partial charge in [0.2, 0.25) is 0 Å². The molecule has 22 heavy (non-hydrogen) atoms. The molecule has 0 saturated heterocycles. The molecule has 0 unspecified atom stereocenters. The number of carbonyl (C=O) groups is 1. The lowest BCUT2D eigenvalue weighted by molar-refractivity contribution is 0.0950. The molecule has 0 saturated carbocycles. The second-order valence-electron chi connectivity index (χ2n) is 4.75. The van der Waals surface area contributed by atoms with Crippen molar-refractivity contribution in [3.63, 3.8) is 0 Å². The van der Waals surface area contributed by atoms with Crippen LogP contribution in [-0.4, -0.2) is 22.3 Å². The molecule has 2 aromatic heterocycles. The Morgan fingerprint density at radius 3 is 2.86 bits per heavy atom. The number of aromatic amines is 1. The first kappa shape index (κ1) is 13.8. The van der Waals surface area contributed by atoms with Crippen molar-refractivity contribution in [2.24, 2.45) is 5.10 Å². The molecule has 0 atom stereocenters. The van der Waals surface area contributed by atoms with E-state index in [9.17, 15) is 4.79 Å². The molecule has 1 aromatic carbocycles. The van der Waals surface area contributed by atoms with Gasteiger partial charge in [-0.05, 0) is 25.1 Å². The largest absolute Gasteiger partial charge is 0.463 e. The van der Waals surface area contributed by atoms with Gasteiger partial charge in [0.15, 0.2) is 0 Å². The molecule has 0 bridgehead atoms. The molecule has 1 amide bonds. The number of benzene rings is 1. The van der Waals surface area contributed by atoms with Crippen LogP contribution in [0.3, 0.4) is 0 Å². The van der Waals surface area contributed by atoms with Gasteiger partial charge in [-0.2, -0.15) is 10.2 Å². The molecular formula is C16H14N4O2. The van der Waals surface area contributed by atoms with Crippen LogP contribution in [0, 0.1) is 6.92 Å². The third kappa shape index (κ3) is 3.12. The summed E-state index contributed by atoms with van der Waals surface area (Å²) in [6.07, 6.45) is 2.96. The summed E-state index contributed by atoms with van der Waals surface area (Å²) in [7, 11) is 0. The first-order valence-electron chi connectivity index (χ1n) is 6.72. The fourth-order valence-corrected chi connectivity index (χ4v) is 1.89. The molecule has 0 spiro atoms. The Bertz CT molecular complexity index is 786. The Kier molecular flexibility index (Phi) is 3.82. The van der Waals surface area contributed by atoms with Crippen molar-refractivity contribution in [3.8, 4) is 11.3 Å². The van der Waals surface area contributed by atoms with Crippen LogP contribution in [-0.2, 0) is 0 Å². The molecule has 6 nitrogen and oxygen atoms in total. The Balaban J connectivity index is 1.68. The van der Waals surface area contributed by atoms with Crippen molar-refractivity contribution >= 4 is 12.1 Å². The minimum absolute atomic E-state index is 0.340. The van der Waals surface area contributed by atoms with Gasteiger partial charge in [0, 0.05) is 5.56 Å². The zero-order valence-electron chi connectivity index (χ0n) is 11.9. The number of aryl methyl sites for hydroxylation is 1.